The highest BCUT2D eigenvalue weighted by Crippen LogP contribution is 2.14. The van der Waals surface area contributed by atoms with Gasteiger partial charge in [0.2, 0.25) is 0 Å². The van der Waals surface area contributed by atoms with Crippen molar-refractivity contribution >= 4 is 0 Å². The van der Waals surface area contributed by atoms with Crippen LogP contribution in [0.5, 0.6) is 5.75 Å². The topological polar surface area (TPSA) is 21.3 Å². The Balaban J connectivity index is 2.19. The van der Waals surface area contributed by atoms with Gasteiger partial charge in [0.15, 0.2) is 0 Å². The molecule has 0 fully saturated rings. The van der Waals surface area contributed by atoms with E-state index >= 15 is 0 Å². The molecule has 0 aliphatic rings. The smallest absolute Gasteiger partial charge is 0.119 e. The van der Waals surface area contributed by atoms with Crippen molar-refractivity contribution < 1.29 is 4.74 Å². The largest absolute Gasteiger partial charge is 0.494 e. The number of hydrogen-bond acceptors (Lipinski definition) is 2. The minimum Gasteiger partial charge on any atom is -0.494 e. The minimum atomic E-state index is 0.588. The van der Waals surface area contributed by atoms with E-state index in [0.717, 1.165) is 25.3 Å². The standard InChI is InChI=1S/C17H29NO/c1-4-6-9-16-10-12-17(13-11-16)19-14-7-8-15(3)18-5-2/h10-13,15,18H,4-9,14H2,1-3H3. The van der Waals surface area contributed by atoms with Crippen LogP contribution in [0.25, 0.3) is 0 Å². The molecule has 0 spiro atoms. The van der Waals surface area contributed by atoms with Gasteiger partial charge in [-0.05, 0) is 56.8 Å². The lowest BCUT2D eigenvalue weighted by atomic mass is 10.1. The van der Waals surface area contributed by atoms with Gasteiger partial charge < -0.3 is 10.1 Å². The van der Waals surface area contributed by atoms with Crippen LogP contribution >= 0.6 is 0 Å². The molecular formula is C17H29NO. The van der Waals surface area contributed by atoms with Crippen LogP contribution in [0.4, 0.5) is 0 Å². The number of aryl methyl sites for hydroxylation is 1. The SMILES string of the molecule is CCCCc1ccc(OCCCC(C)NCC)cc1. The molecule has 108 valence electrons. The van der Waals surface area contributed by atoms with Gasteiger partial charge in [0.05, 0.1) is 6.61 Å². The molecule has 1 unspecified atom stereocenters. The fraction of sp³-hybridized carbons (Fsp3) is 0.647. The first-order valence-corrected chi connectivity index (χ1v) is 7.71. The molecule has 0 aliphatic carbocycles. The van der Waals surface area contributed by atoms with Crippen LogP contribution in [0.3, 0.4) is 0 Å². The zero-order valence-corrected chi connectivity index (χ0v) is 12.7. The highest BCUT2D eigenvalue weighted by atomic mass is 16.5. The average molecular weight is 263 g/mol. The van der Waals surface area contributed by atoms with Crippen molar-refractivity contribution in [1.82, 2.24) is 5.32 Å². The summed E-state index contributed by atoms with van der Waals surface area (Å²) in [5.74, 6) is 0.997. The zero-order valence-electron chi connectivity index (χ0n) is 12.7. The first kappa shape index (κ1) is 16.0. The Morgan fingerprint density at radius 3 is 2.47 bits per heavy atom. The number of unbranched alkanes of at least 4 members (excludes halogenated alkanes) is 1. The van der Waals surface area contributed by atoms with Gasteiger partial charge in [-0.15, -0.1) is 0 Å². The predicted octanol–water partition coefficient (Wildman–Crippen LogP) is 4.19. The van der Waals surface area contributed by atoms with E-state index in [1.165, 1.54) is 31.2 Å². The molecule has 1 rings (SSSR count). The van der Waals surface area contributed by atoms with Crippen molar-refractivity contribution in [2.45, 2.75) is 58.9 Å². The van der Waals surface area contributed by atoms with E-state index in [9.17, 15) is 0 Å². The van der Waals surface area contributed by atoms with Crippen LogP contribution in [0, 0.1) is 0 Å². The van der Waals surface area contributed by atoms with E-state index < -0.39 is 0 Å². The lowest BCUT2D eigenvalue weighted by Crippen LogP contribution is -2.25. The van der Waals surface area contributed by atoms with Crippen LogP contribution in [0.2, 0.25) is 0 Å². The van der Waals surface area contributed by atoms with Crippen molar-refractivity contribution in [3.63, 3.8) is 0 Å². The second-order valence-corrected chi connectivity index (χ2v) is 5.20. The summed E-state index contributed by atoms with van der Waals surface area (Å²) in [5.41, 5.74) is 1.41. The van der Waals surface area contributed by atoms with E-state index in [1.807, 2.05) is 0 Å². The van der Waals surface area contributed by atoms with Crippen LogP contribution in [0.1, 0.15) is 52.0 Å². The molecule has 0 amide bonds. The second-order valence-electron chi connectivity index (χ2n) is 5.20. The van der Waals surface area contributed by atoms with Crippen molar-refractivity contribution in [2.75, 3.05) is 13.2 Å². The molecule has 1 atom stereocenters. The van der Waals surface area contributed by atoms with Crippen molar-refractivity contribution in [3.8, 4) is 5.75 Å². The molecular weight excluding hydrogens is 234 g/mol. The first-order valence-electron chi connectivity index (χ1n) is 7.71. The van der Waals surface area contributed by atoms with E-state index in [-0.39, 0.29) is 0 Å². The highest BCUT2D eigenvalue weighted by Gasteiger charge is 2.00. The minimum absolute atomic E-state index is 0.588. The summed E-state index contributed by atoms with van der Waals surface area (Å²) in [7, 11) is 0. The molecule has 0 aromatic heterocycles. The Hall–Kier alpha value is -1.02. The molecule has 0 saturated carbocycles. The molecule has 0 saturated heterocycles. The van der Waals surface area contributed by atoms with Gasteiger partial charge in [-0.1, -0.05) is 32.4 Å². The Morgan fingerprint density at radius 2 is 1.84 bits per heavy atom. The summed E-state index contributed by atoms with van der Waals surface area (Å²) in [6.07, 6.45) is 5.97. The third-order valence-corrected chi connectivity index (χ3v) is 3.35. The van der Waals surface area contributed by atoms with Crippen LogP contribution in [-0.2, 0) is 6.42 Å². The Labute approximate surface area is 118 Å². The van der Waals surface area contributed by atoms with Gasteiger partial charge in [-0.25, -0.2) is 0 Å². The zero-order chi connectivity index (χ0) is 13.9. The number of ether oxygens (including phenoxy) is 1. The molecule has 1 aromatic rings. The molecule has 2 nitrogen and oxygen atoms in total. The fourth-order valence-corrected chi connectivity index (χ4v) is 2.16. The summed E-state index contributed by atoms with van der Waals surface area (Å²) in [4.78, 5) is 0. The van der Waals surface area contributed by atoms with Crippen molar-refractivity contribution in [2.24, 2.45) is 0 Å². The third-order valence-electron chi connectivity index (χ3n) is 3.35. The summed E-state index contributed by atoms with van der Waals surface area (Å²) in [6, 6.07) is 9.15. The highest BCUT2D eigenvalue weighted by molar-refractivity contribution is 5.27. The third kappa shape index (κ3) is 7.22. The second kappa shape index (κ2) is 9.85. The molecule has 1 N–H and O–H groups in total. The van der Waals surface area contributed by atoms with Crippen LogP contribution < -0.4 is 10.1 Å². The maximum Gasteiger partial charge on any atom is 0.119 e. The molecule has 0 heterocycles. The lowest BCUT2D eigenvalue weighted by molar-refractivity contribution is 0.298. The molecule has 0 aliphatic heterocycles. The van der Waals surface area contributed by atoms with Gasteiger partial charge in [0.1, 0.15) is 5.75 Å². The van der Waals surface area contributed by atoms with Crippen LogP contribution in [0.15, 0.2) is 24.3 Å². The van der Waals surface area contributed by atoms with Gasteiger partial charge >= 0.3 is 0 Å². The quantitative estimate of drug-likeness (QED) is 0.639. The molecule has 0 bridgehead atoms. The average Bonchev–Trinajstić information content (AvgIpc) is 2.43. The predicted molar refractivity (Wildman–Crippen MR) is 82.9 cm³/mol. The van der Waals surface area contributed by atoms with Crippen molar-refractivity contribution in [1.29, 1.82) is 0 Å². The van der Waals surface area contributed by atoms with E-state index in [1.54, 1.807) is 0 Å². The Morgan fingerprint density at radius 1 is 1.11 bits per heavy atom. The fourth-order valence-electron chi connectivity index (χ4n) is 2.16. The number of benzene rings is 1. The molecule has 2 heteroatoms. The first-order chi connectivity index (χ1) is 9.26. The molecule has 0 radical (unpaired) electrons. The van der Waals surface area contributed by atoms with Gasteiger partial charge in [-0.2, -0.15) is 0 Å². The van der Waals surface area contributed by atoms with Crippen LogP contribution in [-0.4, -0.2) is 19.2 Å². The number of hydrogen-bond donors (Lipinski definition) is 1. The normalized spacial score (nSPS) is 12.4. The monoisotopic (exact) mass is 263 g/mol. The summed E-state index contributed by atoms with van der Waals surface area (Å²) in [5, 5.41) is 3.42. The van der Waals surface area contributed by atoms with E-state index in [4.69, 9.17) is 4.74 Å². The lowest BCUT2D eigenvalue weighted by Gasteiger charge is -2.12. The van der Waals surface area contributed by atoms with Crippen molar-refractivity contribution in [3.05, 3.63) is 29.8 Å². The van der Waals surface area contributed by atoms with E-state index in [0.29, 0.717) is 6.04 Å². The molecule has 19 heavy (non-hydrogen) atoms. The maximum absolute atomic E-state index is 5.77. The van der Waals surface area contributed by atoms with Gasteiger partial charge in [0.25, 0.3) is 0 Å². The van der Waals surface area contributed by atoms with E-state index in [2.05, 4.69) is 50.4 Å². The van der Waals surface area contributed by atoms with Gasteiger partial charge in [-0.3, -0.25) is 0 Å². The number of rotatable bonds is 10. The summed E-state index contributed by atoms with van der Waals surface area (Å²) in [6.45, 7) is 8.45. The summed E-state index contributed by atoms with van der Waals surface area (Å²) >= 11 is 0. The maximum atomic E-state index is 5.77. The summed E-state index contributed by atoms with van der Waals surface area (Å²) < 4.78 is 5.77. The molecule has 1 aromatic carbocycles. The van der Waals surface area contributed by atoms with Gasteiger partial charge in [0, 0.05) is 6.04 Å². The Bertz CT molecular complexity index is 321. The number of nitrogens with one attached hydrogen (secondary N) is 1. The Kier molecular flexibility index (Phi) is 8.31.